The zero-order chi connectivity index (χ0) is 21.1. The van der Waals surface area contributed by atoms with Crippen molar-refractivity contribution in [2.45, 2.75) is 32.2 Å². The molecule has 160 valence electrons. The molecule has 1 fully saturated rings. The van der Waals surface area contributed by atoms with Crippen LogP contribution < -0.4 is 5.32 Å². The maximum atomic E-state index is 12.6. The number of nitrogens with zero attached hydrogens (tertiary/aromatic N) is 3. The summed E-state index contributed by atoms with van der Waals surface area (Å²) >= 11 is 3.07. The maximum Gasteiger partial charge on any atom is 0.338 e. The first kappa shape index (κ1) is 21.1. The second kappa shape index (κ2) is 9.36. The van der Waals surface area contributed by atoms with Gasteiger partial charge in [0, 0.05) is 18.8 Å². The monoisotopic (exact) mass is 446 g/mol. The number of amides is 1. The van der Waals surface area contributed by atoms with Crippen LogP contribution in [0.5, 0.6) is 0 Å². The predicted octanol–water partition coefficient (Wildman–Crippen LogP) is 3.10. The molecule has 4 rings (SSSR count). The van der Waals surface area contributed by atoms with Crippen molar-refractivity contribution >= 4 is 40.1 Å². The van der Waals surface area contributed by atoms with E-state index in [9.17, 15) is 9.59 Å². The number of methoxy groups -OCH3 is 1. The molecular weight excluding hydrogens is 420 g/mol. The van der Waals surface area contributed by atoms with Gasteiger partial charge < -0.3 is 19.9 Å². The largest absolute Gasteiger partial charge is 0.466 e. The number of amidine groups is 1. The summed E-state index contributed by atoms with van der Waals surface area (Å²) in [5.41, 5.74) is 3.02. The Morgan fingerprint density at radius 1 is 1.33 bits per heavy atom. The van der Waals surface area contributed by atoms with Gasteiger partial charge in [-0.1, -0.05) is 11.8 Å². The molecule has 7 nitrogen and oxygen atoms in total. The number of rotatable bonds is 7. The van der Waals surface area contributed by atoms with Gasteiger partial charge in [-0.15, -0.1) is 0 Å². The molecular formula is C21H26N4O3S2. The van der Waals surface area contributed by atoms with Gasteiger partial charge >= 0.3 is 5.97 Å². The number of carbonyl (C=O) groups excluding carboxylic acids is 2. The summed E-state index contributed by atoms with van der Waals surface area (Å²) in [6.07, 6.45) is 2.74. The molecule has 1 N–H and O–H groups in total. The standard InChI is InChI=1S/C21H26N4O3S2/c1-14-18(20(27)28-2)19(15-5-10-29-12-15)25-16(13-30-21(25)23-14)11-17(26)22-6-9-24-7-3-4-8-24/h5,10,12-13,19H,3-4,6-9,11H2,1-2H3,(H,22,26)/t19-/m1/s1. The number of carbonyl (C=O) groups is 2. The van der Waals surface area contributed by atoms with Gasteiger partial charge in [0.1, 0.15) is 0 Å². The first-order chi connectivity index (χ1) is 14.6. The van der Waals surface area contributed by atoms with Crippen molar-refractivity contribution in [1.29, 1.82) is 0 Å². The van der Waals surface area contributed by atoms with Crippen LogP contribution in [-0.4, -0.2) is 60.1 Å². The number of thiophene rings is 1. The minimum Gasteiger partial charge on any atom is -0.466 e. The van der Waals surface area contributed by atoms with Crippen molar-refractivity contribution in [2.24, 2.45) is 4.99 Å². The van der Waals surface area contributed by atoms with E-state index in [2.05, 4.69) is 15.2 Å². The first-order valence-electron chi connectivity index (χ1n) is 10.1. The molecule has 1 amide bonds. The number of esters is 1. The molecule has 0 aromatic carbocycles. The number of hydrogen-bond donors (Lipinski definition) is 1. The third kappa shape index (κ3) is 4.33. The van der Waals surface area contributed by atoms with Gasteiger partial charge in [-0.25, -0.2) is 9.79 Å². The van der Waals surface area contributed by atoms with E-state index in [4.69, 9.17) is 4.74 Å². The molecule has 0 unspecified atom stereocenters. The zero-order valence-corrected chi connectivity index (χ0v) is 18.9. The van der Waals surface area contributed by atoms with Crippen LogP contribution in [0.2, 0.25) is 0 Å². The van der Waals surface area contributed by atoms with Crippen molar-refractivity contribution in [1.82, 2.24) is 15.1 Å². The van der Waals surface area contributed by atoms with Crippen LogP contribution in [-0.2, 0) is 14.3 Å². The lowest BCUT2D eigenvalue weighted by Crippen LogP contribution is -2.38. The highest BCUT2D eigenvalue weighted by Crippen LogP contribution is 2.45. The van der Waals surface area contributed by atoms with Crippen LogP contribution in [0, 0.1) is 0 Å². The fourth-order valence-corrected chi connectivity index (χ4v) is 5.72. The summed E-state index contributed by atoms with van der Waals surface area (Å²) in [5, 5.41) is 9.81. The lowest BCUT2D eigenvalue weighted by atomic mass is 9.96. The third-order valence-electron chi connectivity index (χ3n) is 5.56. The number of fused-ring (bicyclic) bond motifs is 1. The lowest BCUT2D eigenvalue weighted by molar-refractivity contribution is -0.136. The Balaban J connectivity index is 1.49. The van der Waals surface area contributed by atoms with Gasteiger partial charge in [0.2, 0.25) is 5.91 Å². The summed E-state index contributed by atoms with van der Waals surface area (Å²) in [6.45, 7) is 5.62. The number of aliphatic imine (C=N–C) groups is 1. The number of ether oxygens (including phenoxy) is 1. The second-order valence-electron chi connectivity index (χ2n) is 7.52. The summed E-state index contributed by atoms with van der Waals surface area (Å²) in [4.78, 5) is 34.2. The van der Waals surface area contributed by atoms with Gasteiger partial charge in [-0.2, -0.15) is 11.3 Å². The summed E-state index contributed by atoms with van der Waals surface area (Å²) in [7, 11) is 1.38. The van der Waals surface area contributed by atoms with E-state index >= 15 is 0 Å². The lowest BCUT2D eigenvalue weighted by Gasteiger charge is -2.35. The van der Waals surface area contributed by atoms with Crippen LogP contribution in [0.4, 0.5) is 0 Å². The van der Waals surface area contributed by atoms with Crippen molar-refractivity contribution in [3.8, 4) is 0 Å². The molecule has 0 radical (unpaired) electrons. The highest BCUT2D eigenvalue weighted by atomic mass is 32.2. The van der Waals surface area contributed by atoms with Crippen molar-refractivity contribution < 1.29 is 14.3 Å². The number of allylic oxidation sites excluding steroid dienone is 1. The molecule has 1 saturated heterocycles. The fraction of sp³-hybridized carbons (Fsp3) is 0.476. The van der Waals surface area contributed by atoms with Gasteiger partial charge in [-0.05, 0) is 60.7 Å². The molecule has 0 bridgehead atoms. The highest BCUT2D eigenvalue weighted by Gasteiger charge is 2.41. The van der Waals surface area contributed by atoms with E-state index in [0.717, 1.165) is 36.1 Å². The molecule has 1 aromatic rings. The van der Waals surface area contributed by atoms with Gasteiger partial charge in [0.05, 0.1) is 30.8 Å². The van der Waals surface area contributed by atoms with Crippen LogP contribution >= 0.6 is 23.1 Å². The topological polar surface area (TPSA) is 74.2 Å². The third-order valence-corrected chi connectivity index (χ3v) is 7.15. The number of thioether (sulfide) groups is 1. The Hall–Kier alpha value is -2.10. The van der Waals surface area contributed by atoms with Crippen molar-refractivity contribution in [3.05, 3.63) is 44.8 Å². The molecule has 30 heavy (non-hydrogen) atoms. The van der Waals surface area contributed by atoms with Crippen molar-refractivity contribution in [3.63, 3.8) is 0 Å². The van der Waals surface area contributed by atoms with E-state index in [-0.39, 0.29) is 18.4 Å². The molecule has 4 heterocycles. The fourth-order valence-electron chi connectivity index (χ4n) is 4.07. The second-order valence-corrected chi connectivity index (χ2v) is 9.13. The van der Waals surface area contributed by atoms with Crippen LogP contribution in [0.1, 0.15) is 37.8 Å². The Kier molecular flexibility index (Phi) is 6.60. The van der Waals surface area contributed by atoms with Crippen LogP contribution in [0.25, 0.3) is 0 Å². The van der Waals surface area contributed by atoms with Crippen molar-refractivity contribution in [2.75, 3.05) is 33.3 Å². The SMILES string of the molecule is COC(=O)C1=C(C)N=C2SC=C(CC(=O)NCCN3CCCC3)N2[C@@H]1c1ccsc1. The number of nitrogens with one attached hydrogen (secondary N) is 1. The highest BCUT2D eigenvalue weighted by molar-refractivity contribution is 8.16. The molecule has 1 aromatic heterocycles. The molecule has 3 aliphatic heterocycles. The minimum absolute atomic E-state index is 0.0164. The van der Waals surface area contributed by atoms with Crippen LogP contribution in [0.3, 0.4) is 0 Å². The van der Waals surface area contributed by atoms with E-state index < -0.39 is 5.97 Å². The average Bonchev–Trinajstić information content (AvgIpc) is 3.49. The van der Waals surface area contributed by atoms with Gasteiger partial charge in [-0.3, -0.25) is 4.79 Å². The maximum absolute atomic E-state index is 12.6. The van der Waals surface area contributed by atoms with E-state index in [1.54, 1.807) is 11.3 Å². The van der Waals surface area contributed by atoms with E-state index in [1.807, 2.05) is 34.1 Å². The number of likely N-dealkylation sites (tertiary alicyclic amines) is 1. The average molecular weight is 447 g/mol. The molecule has 0 saturated carbocycles. The Bertz CT molecular complexity index is 901. The van der Waals surface area contributed by atoms with E-state index in [0.29, 0.717) is 17.8 Å². The van der Waals surface area contributed by atoms with Gasteiger partial charge in [0.15, 0.2) is 5.17 Å². The molecule has 0 aliphatic carbocycles. The molecule has 3 aliphatic rings. The quantitative estimate of drug-likeness (QED) is 0.649. The Morgan fingerprint density at radius 2 is 2.13 bits per heavy atom. The molecule has 9 heteroatoms. The predicted molar refractivity (Wildman–Crippen MR) is 120 cm³/mol. The Morgan fingerprint density at radius 3 is 2.83 bits per heavy atom. The Labute approximate surface area is 184 Å². The number of hydrogen-bond acceptors (Lipinski definition) is 8. The minimum atomic E-state index is -0.391. The summed E-state index contributed by atoms with van der Waals surface area (Å²) in [6, 6.07) is 1.67. The van der Waals surface area contributed by atoms with Crippen LogP contribution in [0.15, 0.2) is 44.2 Å². The first-order valence-corrected chi connectivity index (χ1v) is 11.9. The zero-order valence-electron chi connectivity index (χ0n) is 17.2. The van der Waals surface area contributed by atoms with E-state index in [1.165, 1.54) is 31.7 Å². The summed E-state index contributed by atoms with van der Waals surface area (Å²) < 4.78 is 5.06. The summed E-state index contributed by atoms with van der Waals surface area (Å²) in [5.74, 6) is -0.407. The molecule has 1 atom stereocenters. The molecule has 0 spiro atoms. The normalized spacial score (nSPS) is 21.4. The van der Waals surface area contributed by atoms with Gasteiger partial charge in [0.25, 0.3) is 0 Å². The smallest absolute Gasteiger partial charge is 0.338 e.